The maximum Gasteiger partial charge on any atom is 0.230 e. The lowest BCUT2D eigenvalue weighted by Gasteiger charge is -2.31. The van der Waals surface area contributed by atoms with Crippen molar-refractivity contribution in [1.29, 1.82) is 0 Å². The molecule has 1 aliphatic heterocycles. The summed E-state index contributed by atoms with van der Waals surface area (Å²) in [4.78, 5) is 12.0. The van der Waals surface area contributed by atoms with Crippen molar-refractivity contribution in [2.45, 2.75) is 44.4 Å². The Morgan fingerprint density at radius 3 is 2.60 bits per heavy atom. The van der Waals surface area contributed by atoms with Crippen LogP contribution in [0.25, 0.3) is 0 Å². The van der Waals surface area contributed by atoms with Crippen LogP contribution in [0.1, 0.15) is 33.6 Å². The number of nitrogens with one attached hydrogen (secondary N) is 1. The van der Waals surface area contributed by atoms with Gasteiger partial charge in [-0.3, -0.25) is 4.79 Å². The summed E-state index contributed by atoms with van der Waals surface area (Å²) in [7, 11) is -2.87. The van der Waals surface area contributed by atoms with Crippen LogP contribution in [0.15, 0.2) is 0 Å². The summed E-state index contributed by atoms with van der Waals surface area (Å²) in [6.07, 6.45) is 1.48. The molecule has 1 amide bonds. The second-order valence-corrected chi connectivity index (χ2v) is 9.76. The minimum atomic E-state index is -2.87. The van der Waals surface area contributed by atoms with E-state index in [-0.39, 0.29) is 28.2 Å². The molecule has 1 rings (SSSR count). The largest absolute Gasteiger partial charge is 0.349 e. The highest BCUT2D eigenvalue weighted by molar-refractivity contribution is 8.02. The molecule has 1 aliphatic rings. The number of rotatable bonds is 7. The van der Waals surface area contributed by atoms with Crippen molar-refractivity contribution in [3.63, 3.8) is 0 Å². The van der Waals surface area contributed by atoms with Crippen LogP contribution in [0.4, 0.5) is 0 Å². The maximum absolute atomic E-state index is 12.0. The van der Waals surface area contributed by atoms with Crippen LogP contribution in [0.2, 0.25) is 0 Å². The van der Waals surface area contributed by atoms with Crippen LogP contribution in [0, 0.1) is 5.92 Å². The second kappa shape index (κ2) is 7.13. The van der Waals surface area contributed by atoms with Gasteiger partial charge < -0.3 is 11.1 Å². The molecule has 0 aliphatic carbocycles. The molecule has 7 heteroatoms. The number of carbonyl (C=O) groups is 1. The van der Waals surface area contributed by atoms with Crippen molar-refractivity contribution in [3.8, 4) is 0 Å². The van der Waals surface area contributed by atoms with Crippen LogP contribution in [0.3, 0.4) is 0 Å². The maximum atomic E-state index is 12.0. The van der Waals surface area contributed by atoms with Crippen LogP contribution in [-0.2, 0) is 14.6 Å². The van der Waals surface area contributed by atoms with E-state index in [1.807, 2.05) is 6.92 Å². The highest BCUT2D eigenvalue weighted by Gasteiger charge is 2.30. The van der Waals surface area contributed by atoms with Crippen molar-refractivity contribution in [3.05, 3.63) is 0 Å². The normalized spacial score (nSPS) is 24.6. The molecule has 0 aromatic carbocycles. The monoisotopic (exact) mass is 322 g/mol. The molecule has 5 nitrogen and oxygen atoms in total. The van der Waals surface area contributed by atoms with Crippen LogP contribution < -0.4 is 11.1 Å². The molecule has 1 fully saturated rings. The summed E-state index contributed by atoms with van der Waals surface area (Å²) in [6.45, 7) is 6.55. The van der Waals surface area contributed by atoms with Crippen molar-refractivity contribution in [1.82, 2.24) is 5.32 Å². The number of carbonyl (C=O) groups excluding carboxylic acids is 1. The Hall–Kier alpha value is -0.270. The van der Waals surface area contributed by atoms with Gasteiger partial charge in [0.15, 0.2) is 9.84 Å². The molecule has 0 bridgehead atoms. The van der Waals surface area contributed by atoms with Gasteiger partial charge in [0.05, 0.1) is 17.3 Å². The Morgan fingerprint density at radius 2 is 2.15 bits per heavy atom. The lowest BCUT2D eigenvalue weighted by molar-refractivity contribution is -0.120. The van der Waals surface area contributed by atoms with Crippen LogP contribution in [0.5, 0.6) is 0 Å². The Balaban J connectivity index is 2.39. The predicted molar refractivity (Wildman–Crippen MR) is 84.6 cm³/mol. The van der Waals surface area contributed by atoms with Crippen molar-refractivity contribution in [2.24, 2.45) is 11.7 Å². The zero-order valence-corrected chi connectivity index (χ0v) is 14.1. The molecule has 2 atom stereocenters. The molecule has 0 aromatic heterocycles. The zero-order chi connectivity index (χ0) is 15.4. The van der Waals surface area contributed by atoms with Gasteiger partial charge in [-0.15, -0.1) is 11.8 Å². The molecule has 0 spiro atoms. The Bertz CT molecular complexity index is 437. The summed E-state index contributed by atoms with van der Waals surface area (Å²) < 4.78 is 22.7. The molecular weight excluding hydrogens is 296 g/mol. The lowest BCUT2D eigenvalue weighted by Crippen LogP contribution is -2.52. The van der Waals surface area contributed by atoms with E-state index in [1.54, 1.807) is 0 Å². The first kappa shape index (κ1) is 17.8. The van der Waals surface area contributed by atoms with Gasteiger partial charge in [0, 0.05) is 17.3 Å². The number of thioether (sulfide) groups is 1. The quantitative estimate of drug-likeness (QED) is 0.723. The molecule has 0 aromatic rings. The average molecular weight is 322 g/mol. The van der Waals surface area contributed by atoms with E-state index in [4.69, 9.17) is 5.73 Å². The SMILES string of the molecule is CC(C)CC(C)(CN)NC(=O)CSC1CCS(=O)(=O)C1. The van der Waals surface area contributed by atoms with E-state index in [0.717, 1.165) is 6.42 Å². The Labute approximate surface area is 126 Å². The van der Waals surface area contributed by atoms with E-state index in [9.17, 15) is 13.2 Å². The third-order valence-corrected chi connectivity index (χ3v) is 6.67. The molecule has 0 radical (unpaired) electrons. The first-order valence-electron chi connectivity index (χ1n) is 6.99. The third-order valence-electron chi connectivity index (χ3n) is 3.39. The highest BCUT2D eigenvalue weighted by Crippen LogP contribution is 2.24. The van der Waals surface area contributed by atoms with E-state index < -0.39 is 9.84 Å². The van der Waals surface area contributed by atoms with Crippen molar-refractivity contribution >= 4 is 27.5 Å². The zero-order valence-electron chi connectivity index (χ0n) is 12.5. The molecule has 3 N–H and O–H groups in total. The van der Waals surface area contributed by atoms with Crippen molar-refractivity contribution < 1.29 is 13.2 Å². The van der Waals surface area contributed by atoms with Gasteiger partial charge in [-0.05, 0) is 25.7 Å². The predicted octanol–water partition coefficient (Wildman–Crippen LogP) is 0.786. The molecule has 0 saturated carbocycles. The van der Waals surface area contributed by atoms with Gasteiger partial charge in [0.1, 0.15) is 0 Å². The molecular formula is C13H26N2O3S2. The highest BCUT2D eigenvalue weighted by atomic mass is 32.2. The summed E-state index contributed by atoms with van der Waals surface area (Å²) in [5, 5.41) is 3.04. The standard InChI is InChI=1S/C13H26N2O3S2/c1-10(2)6-13(3,9-14)15-12(16)7-19-11-4-5-20(17,18)8-11/h10-11H,4-9,14H2,1-3H3,(H,15,16). The Kier molecular flexibility index (Phi) is 6.34. The van der Waals surface area contributed by atoms with Gasteiger partial charge in [-0.25, -0.2) is 8.42 Å². The Morgan fingerprint density at radius 1 is 1.50 bits per heavy atom. The second-order valence-electron chi connectivity index (χ2n) is 6.25. The average Bonchev–Trinajstić information content (AvgIpc) is 2.65. The number of hydrogen-bond donors (Lipinski definition) is 2. The fourth-order valence-corrected chi connectivity index (χ4v) is 5.99. The van der Waals surface area contributed by atoms with Gasteiger partial charge >= 0.3 is 0 Å². The number of hydrogen-bond acceptors (Lipinski definition) is 5. The van der Waals surface area contributed by atoms with Crippen LogP contribution >= 0.6 is 11.8 Å². The summed E-state index contributed by atoms with van der Waals surface area (Å²) in [5.41, 5.74) is 5.38. The first-order valence-corrected chi connectivity index (χ1v) is 9.86. The van der Waals surface area contributed by atoms with Gasteiger partial charge in [0.25, 0.3) is 0 Å². The third kappa shape index (κ3) is 6.01. The van der Waals surface area contributed by atoms with Gasteiger partial charge in [0.2, 0.25) is 5.91 Å². The van der Waals surface area contributed by atoms with Crippen LogP contribution in [-0.4, -0.2) is 48.9 Å². The van der Waals surface area contributed by atoms with E-state index in [1.165, 1.54) is 11.8 Å². The van der Waals surface area contributed by atoms with E-state index in [2.05, 4.69) is 19.2 Å². The lowest BCUT2D eigenvalue weighted by atomic mass is 9.91. The number of nitrogens with two attached hydrogens (primary N) is 1. The van der Waals surface area contributed by atoms with Crippen molar-refractivity contribution in [2.75, 3.05) is 23.8 Å². The fraction of sp³-hybridized carbons (Fsp3) is 0.923. The molecule has 2 unspecified atom stereocenters. The molecule has 20 heavy (non-hydrogen) atoms. The fourth-order valence-electron chi connectivity index (χ4n) is 2.54. The summed E-state index contributed by atoms with van der Waals surface area (Å²) >= 11 is 1.43. The molecule has 118 valence electrons. The van der Waals surface area contributed by atoms with E-state index >= 15 is 0 Å². The van der Waals surface area contributed by atoms with E-state index in [0.29, 0.717) is 24.6 Å². The van der Waals surface area contributed by atoms with Gasteiger partial charge in [-0.2, -0.15) is 0 Å². The number of amides is 1. The number of sulfone groups is 1. The summed E-state index contributed by atoms with van der Waals surface area (Å²) in [5.74, 6) is 1.14. The summed E-state index contributed by atoms with van der Waals surface area (Å²) in [6, 6.07) is 0. The van der Waals surface area contributed by atoms with Gasteiger partial charge in [-0.1, -0.05) is 13.8 Å². The first-order chi connectivity index (χ1) is 9.16. The minimum Gasteiger partial charge on any atom is -0.349 e. The molecule has 1 saturated heterocycles. The topological polar surface area (TPSA) is 89.3 Å². The smallest absolute Gasteiger partial charge is 0.230 e. The molecule has 1 heterocycles. The minimum absolute atomic E-state index is 0.0555.